The maximum Gasteiger partial charge on any atom is 0.203 e. The van der Waals surface area contributed by atoms with Gasteiger partial charge in [-0.05, 0) is 29.3 Å². The highest BCUT2D eigenvalue weighted by Crippen LogP contribution is 2.45. The predicted molar refractivity (Wildman–Crippen MR) is 96.5 cm³/mol. The minimum Gasteiger partial charge on any atom is -0.493 e. The van der Waals surface area contributed by atoms with Crippen LogP contribution in [0.25, 0.3) is 0 Å². The van der Waals surface area contributed by atoms with E-state index in [-0.39, 0.29) is 12.2 Å². The molecule has 0 fully saturated rings. The van der Waals surface area contributed by atoms with E-state index in [4.69, 9.17) is 23.7 Å². The molecule has 1 aliphatic rings. The Labute approximate surface area is 152 Å². The Kier molecular flexibility index (Phi) is 4.93. The van der Waals surface area contributed by atoms with E-state index in [2.05, 4.69) is 0 Å². The summed E-state index contributed by atoms with van der Waals surface area (Å²) >= 11 is 0. The largest absolute Gasteiger partial charge is 0.493 e. The number of ketones is 1. The first-order valence-corrected chi connectivity index (χ1v) is 8.16. The van der Waals surface area contributed by atoms with Gasteiger partial charge in [0.1, 0.15) is 0 Å². The first-order chi connectivity index (χ1) is 12.6. The number of rotatable bonds is 5. The van der Waals surface area contributed by atoms with E-state index in [1.165, 1.54) is 7.11 Å². The molecule has 0 unspecified atom stereocenters. The average Bonchev–Trinajstić information content (AvgIpc) is 2.80. The lowest BCUT2D eigenvalue weighted by Gasteiger charge is -2.18. The molecular weight excluding hydrogens is 336 g/mol. The number of carbonyl (C=O) groups is 1. The minimum atomic E-state index is -0.00905. The molecule has 0 atom stereocenters. The van der Waals surface area contributed by atoms with Gasteiger partial charge in [-0.15, -0.1) is 0 Å². The van der Waals surface area contributed by atoms with Crippen molar-refractivity contribution in [3.63, 3.8) is 0 Å². The second-order valence-electron chi connectivity index (χ2n) is 5.92. The van der Waals surface area contributed by atoms with Crippen molar-refractivity contribution in [2.75, 3.05) is 35.5 Å². The van der Waals surface area contributed by atoms with Gasteiger partial charge < -0.3 is 23.7 Å². The molecule has 0 radical (unpaired) electrons. The molecule has 0 aromatic heterocycles. The van der Waals surface area contributed by atoms with Crippen LogP contribution >= 0.6 is 0 Å². The molecule has 0 saturated carbocycles. The summed E-state index contributed by atoms with van der Waals surface area (Å²) in [4.78, 5) is 12.9. The number of methoxy groups -OCH3 is 5. The SMILES string of the molecule is COc1cc2c(cc1OC)Cc1c(cc(OC)c(OC)c1OC)C(=O)C2. The second-order valence-corrected chi connectivity index (χ2v) is 5.92. The van der Waals surface area contributed by atoms with Crippen molar-refractivity contribution in [3.8, 4) is 28.7 Å². The van der Waals surface area contributed by atoms with Crippen LogP contribution in [-0.2, 0) is 12.8 Å². The fourth-order valence-electron chi connectivity index (χ4n) is 3.39. The summed E-state index contributed by atoms with van der Waals surface area (Å²) in [7, 11) is 7.82. The van der Waals surface area contributed by atoms with Crippen LogP contribution in [0.2, 0.25) is 0 Å². The van der Waals surface area contributed by atoms with Crippen LogP contribution in [-0.4, -0.2) is 41.3 Å². The second kappa shape index (κ2) is 7.15. The number of fused-ring (bicyclic) bond motifs is 2. The van der Waals surface area contributed by atoms with Crippen molar-refractivity contribution < 1.29 is 28.5 Å². The smallest absolute Gasteiger partial charge is 0.203 e. The molecule has 138 valence electrons. The Morgan fingerprint density at radius 1 is 0.654 bits per heavy atom. The number of hydrogen-bond acceptors (Lipinski definition) is 6. The molecule has 0 aliphatic heterocycles. The van der Waals surface area contributed by atoms with Crippen molar-refractivity contribution in [2.45, 2.75) is 12.8 Å². The topological polar surface area (TPSA) is 63.2 Å². The highest BCUT2D eigenvalue weighted by Gasteiger charge is 2.28. The number of ether oxygens (including phenoxy) is 5. The molecule has 1 aliphatic carbocycles. The van der Waals surface area contributed by atoms with Gasteiger partial charge in [0.05, 0.1) is 35.5 Å². The van der Waals surface area contributed by atoms with Gasteiger partial charge in [-0.1, -0.05) is 0 Å². The van der Waals surface area contributed by atoms with Gasteiger partial charge in [-0.2, -0.15) is 0 Å². The van der Waals surface area contributed by atoms with Crippen LogP contribution in [0, 0.1) is 0 Å². The van der Waals surface area contributed by atoms with Crippen LogP contribution in [0.15, 0.2) is 18.2 Å². The molecule has 0 N–H and O–H groups in total. The Bertz CT molecular complexity index is 856. The molecule has 0 bridgehead atoms. The number of Topliss-reactive ketones (excluding diaryl/α,β-unsaturated/α-hetero) is 1. The third-order valence-corrected chi connectivity index (χ3v) is 4.66. The van der Waals surface area contributed by atoms with E-state index >= 15 is 0 Å². The van der Waals surface area contributed by atoms with Crippen LogP contribution in [0.3, 0.4) is 0 Å². The zero-order valence-corrected chi connectivity index (χ0v) is 15.6. The van der Waals surface area contributed by atoms with Crippen molar-refractivity contribution in [1.29, 1.82) is 0 Å². The van der Waals surface area contributed by atoms with Crippen molar-refractivity contribution in [2.24, 2.45) is 0 Å². The van der Waals surface area contributed by atoms with E-state index < -0.39 is 0 Å². The molecule has 6 heteroatoms. The van der Waals surface area contributed by atoms with Crippen molar-refractivity contribution >= 4 is 5.78 Å². The molecule has 0 amide bonds. The molecule has 0 saturated heterocycles. The minimum absolute atomic E-state index is 0.00905. The third-order valence-electron chi connectivity index (χ3n) is 4.66. The van der Waals surface area contributed by atoms with Gasteiger partial charge in [0.25, 0.3) is 0 Å². The first-order valence-electron chi connectivity index (χ1n) is 8.16. The monoisotopic (exact) mass is 358 g/mol. The van der Waals surface area contributed by atoms with Crippen LogP contribution < -0.4 is 23.7 Å². The van der Waals surface area contributed by atoms with Gasteiger partial charge in [0, 0.05) is 24.0 Å². The van der Waals surface area contributed by atoms with Gasteiger partial charge >= 0.3 is 0 Å². The van der Waals surface area contributed by atoms with E-state index in [1.54, 1.807) is 34.5 Å². The lowest BCUT2D eigenvalue weighted by molar-refractivity contribution is 0.0992. The molecule has 2 aromatic rings. The number of benzene rings is 2. The summed E-state index contributed by atoms with van der Waals surface area (Å²) in [5.41, 5.74) is 3.25. The first kappa shape index (κ1) is 17.9. The summed E-state index contributed by atoms with van der Waals surface area (Å²) in [5.74, 6) is 2.68. The molecule has 26 heavy (non-hydrogen) atoms. The molecular formula is C20H22O6. The van der Waals surface area contributed by atoms with E-state index in [0.717, 1.165) is 16.7 Å². The maximum absolute atomic E-state index is 12.9. The highest BCUT2D eigenvalue weighted by molar-refractivity contribution is 6.01. The van der Waals surface area contributed by atoms with Crippen LogP contribution in [0.1, 0.15) is 27.0 Å². The predicted octanol–water partition coefficient (Wildman–Crippen LogP) is 3.06. The summed E-state index contributed by atoms with van der Waals surface area (Å²) in [6, 6.07) is 5.49. The average molecular weight is 358 g/mol. The van der Waals surface area contributed by atoms with Crippen molar-refractivity contribution in [1.82, 2.24) is 0 Å². The summed E-state index contributed by atoms with van der Waals surface area (Å²) in [6.07, 6.45) is 0.779. The van der Waals surface area contributed by atoms with E-state index in [9.17, 15) is 4.79 Å². The molecule has 2 aromatic carbocycles. The third kappa shape index (κ3) is 2.81. The van der Waals surface area contributed by atoms with Crippen LogP contribution in [0.4, 0.5) is 0 Å². The van der Waals surface area contributed by atoms with Gasteiger partial charge in [0.15, 0.2) is 28.8 Å². The normalized spacial score (nSPS) is 12.6. The Morgan fingerprint density at radius 3 is 1.69 bits per heavy atom. The van der Waals surface area contributed by atoms with Gasteiger partial charge in [-0.3, -0.25) is 4.79 Å². The fourth-order valence-corrected chi connectivity index (χ4v) is 3.39. The van der Waals surface area contributed by atoms with Gasteiger partial charge in [-0.25, -0.2) is 0 Å². The van der Waals surface area contributed by atoms with Crippen LogP contribution in [0.5, 0.6) is 28.7 Å². The summed E-state index contributed by atoms with van der Waals surface area (Å²) < 4.78 is 27.2. The fraction of sp³-hybridized carbons (Fsp3) is 0.350. The summed E-state index contributed by atoms with van der Waals surface area (Å²) in [6.45, 7) is 0. The van der Waals surface area contributed by atoms with Gasteiger partial charge in [0.2, 0.25) is 5.75 Å². The lowest BCUT2D eigenvalue weighted by Crippen LogP contribution is -2.07. The zero-order valence-electron chi connectivity index (χ0n) is 15.6. The molecule has 0 spiro atoms. The number of hydrogen-bond donors (Lipinski definition) is 0. The Morgan fingerprint density at radius 2 is 1.19 bits per heavy atom. The Balaban J connectivity index is 2.24. The lowest BCUT2D eigenvalue weighted by atomic mass is 9.98. The quantitative estimate of drug-likeness (QED) is 0.819. The summed E-state index contributed by atoms with van der Waals surface area (Å²) in [5, 5.41) is 0. The number of carbonyl (C=O) groups excluding carboxylic acids is 1. The maximum atomic E-state index is 12.9. The molecule has 0 heterocycles. The molecule has 3 rings (SSSR count). The van der Waals surface area contributed by atoms with Crippen molar-refractivity contribution in [3.05, 3.63) is 40.5 Å². The van der Waals surface area contributed by atoms with E-state index in [1.807, 2.05) is 12.1 Å². The standard InChI is InChI=1S/C20H22O6/c1-22-16-8-11-6-14-13(15(21)7-12(11)9-17(16)23-2)10-18(24-3)20(26-5)19(14)25-4/h8-10H,6-7H2,1-5H3. The molecule has 6 nitrogen and oxygen atoms in total. The zero-order chi connectivity index (χ0) is 18.8. The highest BCUT2D eigenvalue weighted by atomic mass is 16.5. The Hall–Kier alpha value is -2.89. The van der Waals surface area contributed by atoms with E-state index in [0.29, 0.717) is 40.7 Å².